The van der Waals surface area contributed by atoms with Gasteiger partial charge in [-0.1, -0.05) is 20.8 Å². The predicted molar refractivity (Wildman–Crippen MR) is 60.5 cm³/mol. The van der Waals surface area contributed by atoms with Gasteiger partial charge < -0.3 is 10.6 Å². The summed E-state index contributed by atoms with van der Waals surface area (Å²) >= 11 is 0. The topological polar surface area (TPSA) is 24.1 Å². The van der Waals surface area contributed by atoms with Gasteiger partial charge >= 0.3 is 6.18 Å². The van der Waals surface area contributed by atoms with Gasteiger partial charge in [0.15, 0.2) is 0 Å². The molecule has 0 unspecified atom stereocenters. The summed E-state index contributed by atoms with van der Waals surface area (Å²) in [6.07, 6.45) is -1.12. The summed E-state index contributed by atoms with van der Waals surface area (Å²) in [6.45, 7) is 6.31. The molecule has 2 N–H and O–H groups in total. The number of hydrogen-bond acceptors (Lipinski definition) is 2. The molecule has 0 aromatic heterocycles. The number of rotatable bonds is 8. The molecule has 0 atom stereocenters. The first kappa shape index (κ1) is 15.7. The molecule has 16 heavy (non-hydrogen) atoms. The van der Waals surface area contributed by atoms with E-state index in [1.54, 1.807) is 0 Å². The maximum atomic E-state index is 11.8. The van der Waals surface area contributed by atoms with Gasteiger partial charge in [0.1, 0.15) is 0 Å². The second-order valence-electron chi connectivity index (χ2n) is 4.06. The van der Waals surface area contributed by atoms with Crippen molar-refractivity contribution in [2.75, 3.05) is 19.6 Å². The van der Waals surface area contributed by atoms with Crippen LogP contribution in [0.3, 0.4) is 0 Å². The predicted octanol–water partition coefficient (Wildman–Crippen LogP) is 2.70. The quantitative estimate of drug-likeness (QED) is 0.637. The number of alkyl halides is 3. The first-order valence-corrected chi connectivity index (χ1v) is 5.91. The Morgan fingerprint density at radius 2 is 1.38 bits per heavy atom. The summed E-state index contributed by atoms with van der Waals surface area (Å²) in [6, 6.07) is 0. The summed E-state index contributed by atoms with van der Waals surface area (Å²) < 4.78 is 35.5. The van der Waals surface area contributed by atoms with Crippen molar-refractivity contribution in [1.29, 1.82) is 0 Å². The molecule has 0 aliphatic carbocycles. The Kier molecular flexibility index (Phi) is 6.99. The van der Waals surface area contributed by atoms with Crippen LogP contribution in [0.5, 0.6) is 0 Å². The average molecular weight is 240 g/mol. The molecule has 0 bridgehead atoms. The van der Waals surface area contributed by atoms with Gasteiger partial charge in [-0.3, -0.25) is 0 Å². The lowest BCUT2D eigenvalue weighted by Gasteiger charge is -2.32. The fourth-order valence-corrected chi connectivity index (χ4v) is 1.77. The molecule has 0 amide bonds. The van der Waals surface area contributed by atoms with Gasteiger partial charge in [-0.05, 0) is 19.3 Å². The standard InChI is InChI=1S/C11H23F3N2/c1-4-10(5-2,6-3)16-8-7-15-9-11(12,13)14/h15-16H,4-9H2,1-3H3. The lowest BCUT2D eigenvalue weighted by Crippen LogP contribution is -2.47. The zero-order valence-electron chi connectivity index (χ0n) is 10.4. The number of halogens is 3. The van der Waals surface area contributed by atoms with E-state index in [-0.39, 0.29) is 5.54 Å². The number of hydrogen-bond donors (Lipinski definition) is 2. The van der Waals surface area contributed by atoms with Crippen molar-refractivity contribution in [3.63, 3.8) is 0 Å². The molecule has 0 aromatic carbocycles. The van der Waals surface area contributed by atoms with E-state index < -0.39 is 12.7 Å². The molecule has 0 radical (unpaired) electrons. The van der Waals surface area contributed by atoms with Crippen molar-refractivity contribution < 1.29 is 13.2 Å². The van der Waals surface area contributed by atoms with Gasteiger partial charge in [0.05, 0.1) is 6.54 Å². The third-order valence-corrected chi connectivity index (χ3v) is 3.16. The minimum Gasteiger partial charge on any atom is -0.310 e. The first-order chi connectivity index (χ1) is 7.39. The molecule has 0 saturated carbocycles. The van der Waals surface area contributed by atoms with E-state index in [1.165, 1.54) is 0 Å². The van der Waals surface area contributed by atoms with Crippen LogP contribution in [0.15, 0.2) is 0 Å². The summed E-state index contributed by atoms with van der Waals surface area (Å²) in [5.74, 6) is 0. The highest BCUT2D eigenvalue weighted by Crippen LogP contribution is 2.18. The molecule has 0 aromatic rings. The SMILES string of the molecule is CCC(CC)(CC)NCCNCC(F)(F)F. The Morgan fingerprint density at radius 3 is 1.75 bits per heavy atom. The second-order valence-corrected chi connectivity index (χ2v) is 4.06. The van der Waals surface area contributed by atoms with Crippen LogP contribution in [0.4, 0.5) is 13.2 Å². The normalized spacial score (nSPS) is 13.1. The second kappa shape index (κ2) is 7.12. The van der Waals surface area contributed by atoms with E-state index in [0.717, 1.165) is 19.3 Å². The Hall–Kier alpha value is -0.290. The van der Waals surface area contributed by atoms with Gasteiger partial charge in [-0.2, -0.15) is 13.2 Å². The zero-order valence-corrected chi connectivity index (χ0v) is 10.4. The fraction of sp³-hybridized carbons (Fsp3) is 1.00. The van der Waals surface area contributed by atoms with Gasteiger partial charge in [0.25, 0.3) is 0 Å². The van der Waals surface area contributed by atoms with Crippen LogP contribution in [0.25, 0.3) is 0 Å². The minimum absolute atomic E-state index is 0.0832. The highest BCUT2D eigenvalue weighted by atomic mass is 19.4. The summed E-state index contributed by atoms with van der Waals surface area (Å²) in [5, 5.41) is 5.72. The molecule has 0 rings (SSSR count). The van der Waals surface area contributed by atoms with Gasteiger partial charge in [-0.15, -0.1) is 0 Å². The van der Waals surface area contributed by atoms with Crippen LogP contribution in [-0.2, 0) is 0 Å². The molecule has 0 fully saturated rings. The minimum atomic E-state index is -4.11. The zero-order chi connectivity index (χ0) is 12.7. The van der Waals surface area contributed by atoms with E-state index in [0.29, 0.717) is 13.1 Å². The van der Waals surface area contributed by atoms with Crippen LogP contribution in [-0.4, -0.2) is 31.3 Å². The molecule has 0 aliphatic rings. The molecule has 98 valence electrons. The third kappa shape index (κ3) is 6.33. The van der Waals surface area contributed by atoms with Crippen LogP contribution >= 0.6 is 0 Å². The lowest BCUT2D eigenvalue weighted by molar-refractivity contribution is -0.124. The molecule has 0 spiro atoms. The molecular weight excluding hydrogens is 217 g/mol. The van der Waals surface area contributed by atoms with E-state index in [1.807, 2.05) is 0 Å². The van der Waals surface area contributed by atoms with Crippen molar-refractivity contribution in [3.05, 3.63) is 0 Å². The molecule has 2 nitrogen and oxygen atoms in total. The maximum absolute atomic E-state index is 11.8. The number of nitrogens with one attached hydrogen (secondary N) is 2. The monoisotopic (exact) mass is 240 g/mol. The smallest absolute Gasteiger partial charge is 0.310 e. The Labute approximate surface area is 96.0 Å². The Bertz CT molecular complexity index is 168. The van der Waals surface area contributed by atoms with E-state index in [9.17, 15) is 13.2 Å². The van der Waals surface area contributed by atoms with Crippen molar-refractivity contribution >= 4 is 0 Å². The van der Waals surface area contributed by atoms with Crippen LogP contribution in [0, 0.1) is 0 Å². The summed E-state index contributed by atoms with van der Waals surface area (Å²) in [5.41, 5.74) is 0.0832. The van der Waals surface area contributed by atoms with E-state index in [4.69, 9.17) is 0 Å². The third-order valence-electron chi connectivity index (χ3n) is 3.16. The van der Waals surface area contributed by atoms with Crippen LogP contribution in [0.2, 0.25) is 0 Å². The van der Waals surface area contributed by atoms with E-state index in [2.05, 4.69) is 31.4 Å². The van der Waals surface area contributed by atoms with Gasteiger partial charge in [-0.25, -0.2) is 0 Å². The van der Waals surface area contributed by atoms with Crippen molar-refractivity contribution in [2.45, 2.75) is 51.7 Å². The van der Waals surface area contributed by atoms with Crippen molar-refractivity contribution in [2.24, 2.45) is 0 Å². The lowest BCUT2D eigenvalue weighted by atomic mass is 9.90. The first-order valence-electron chi connectivity index (χ1n) is 5.91. The summed E-state index contributed by atoms with van der Waals surface area (Å²) in [4.78, 5) is 0. The average Bonchev–Trinajstić information content (AvgIpc) is 2.23. The Morgan fingerprint density at radius 1 is 0.875 bits per heavy atom. The largest absolute Gasteiger partial charge is 0.401 e. The summed E-state index contributed by atoms with van der Waals surface area (Å²) in [7, 11) is 0. The molecule has 0 heterocycles. The fourth-order valence-electron chi connectivity index (χ4n) is 1.77. The van der Waals surface area contributed by atoms with Crippen molar-refractivity contribution in [3.8, 4) is 0 Å². The van der Waals surface area contributed by atoms with Gasteiger partial charge in [0, 0.05) is 18.6 Å². The van der Waals surface area contributed by atoms with E-state index >= 15 is 0 Å². The van der Waals surface area contributed by atoms with Crippen LogP contribution < -0.4 is 10.6 Å². The van der Waals surface area contributed by atoms with Crippen molar-refractivity contribution in [1.82, 2.24) is 10.6 Å². The molecule has 0 aliphatic heterocycles. The molecular formula is C11H23F3N2. The highest BCUT2D eigenvalue weighted by molar-refractivity contribution is 4.83. The molecule has 0 saturated heterocycles. The Balaban J connectivity index is 3.71. The molecule has 5 heteroatoms. The highest BCUT2D eigenvalue weighted by Gasteiger charge is 2.26. The maximum Gasteiger partial charge on any atom is 0.401 e. The van der Waals surface area contributed by atoms with Gasteiger partial charge in [0.2, 0.25) is 0 Å². The van der Waals surface area contributed by atoms with Crippen LogP contribution in [0.1, 0.15) is 40.0 Å².